The number of ketones is 1. The highest BCUT2D eigenvalue weighted by Crippen LogP contribution is 2.18. The van der Waals surface area contributed by atoms with Crippen molar-refractivity contribution in [2.45, 2.75) is 6.54 Å². The number of nitrogens with zero attached hydrogens (tertiary/aromatic N) is 3. The lowest BCUT2D eigenvalue weighted by atomic mass is 10.2. The molecule has 0 spiro atoms. The van der Waals surface area contributed by atoms with Gasteiger partial charge in [-0.3, -0.25) is 9.79 Å². The van der Waals surface area contributed by atoms with Gasteiger partial charge in [-0.15, -0.1) is 0 Å². The van der Waals surface area contributed by atoms with E-state index in [-0.39, 0.29) is 12.3 Å². The fraction of sp³-hybridized carbons (Fsp3) is 0.154. The van der Waals surface area contributed by atoms with Crippen molar-refractivity contribution in [1.29, 1.82) is 0 Å². The molecule has 0 atom stereocenters. The number of fused-ring (bicyclic) bond motifs is 1. The summed E-state index contributed by atoms with van der Waals surface area (Å²) in [4.78, 5) is 19.9. The molecule has 0 saturated heterocycles. The Kier molecular flexibility index (Phi) is 2.64. The molecule has 3 rings (SSSR count). The molecule has 5 nitrogen and oxygen atoms in total. The van der Waals surface area contributed by atoms with Crippen LogP contribution in [0.3, 0.4) is 0 Å². The van der Waals surface area contributed by atoms with Gasteiger partial charge in [-0.2, -0.15) is 0 Å². The van der Waals surface area contributed by atoms with Crippen LogP contribution in [0, 0.1) is 0 Å². The minimum absolute atomic E-state index is 0.0574. The third-order valence-electron chi connectivity index (χ3n) is 2.83. The summed E-state index contributed by atoms with van der Waals surface area (Å²) in [6, 6.07) is 10.0. The second-order valence-corrected chi connectivity index (χ2v) is 4.09. The quantitative estimate of drug-likeness (QED) is 0.866. The number of carbonyl (C=O) groups excluding carboxylic acids is 1. The second-order valence-electron chi connectivity index (χ2n) is 4.09. The SMILES string of the molecule is O=C1CN=CNc2c1ncn2Cc1ccccc1. The van der Waals surface area contributed by atoms with Crippen molar-refractivity contribution < 1.29 is 4.79 Å². The summed E-state index contributed by atoms with van der Waals surface area (Å²) >= 11 is 0. The number of imidazole rings is 1. The van der Waals surface area contributed by atoms with Gasteiger partial charge < -0.3 is 9.88 Å². The lowest BCUT2D eigenvalue weighted by molar-refractivity contribution is 0.0999. The lowest BCUT2D eigenvalue weighted by Gasteiger charge is -2.07. The van der Waals surface area contributed by atoms with E-state index in [4.69, 9.17) is 0 Å². The number of benzene rings is 1. The first-order valence-electron chi connectivity index (χ1n) is 5.71. The van der Waals surface area contributed by atoms with Gasteiger partial charge in [-0.1, -0.05) is 30.3 Å². The predicted molar refractivity (Wildman–Crippen MR) is 69.1 cm³/mol. The Labute approximate surface area is 104 Å². The standard InChI is InChI=1S/C13H12N4O/c18-11-6-14-8-15-13-12(11)16-9-17(13)7-10-4-2-1-3-5-10/h1-5,8-9H,6-7H2,(H,14,15). The van der Waals surface area contributed by atoms with Gasteiger partial charge in [0.15, 0.2) is 5.69 Å². The Morgan fingerprint density at radius 3 is 2.94 bits per heavy atom. The van der Waals surface area contributed by atoms with Gasteiger partial charge in [0.25, 0.3) is 0 Å². The van der Waals surface area contributed by atoms with E-state index in [0.29, 0.717) is 18.1 Å². The fourth-order valence-electron chi connectivity index (χ4n) is 1.95. The molecule has 0 bridgehead atoms. The highest BCUT2D eigenvalue weighted by atomic mass is 16.1. The van der Waals surface area contributed by atoms with E-state index in [2.05, 4.69) is 15.3 Å². The number of rotatable bonds is 2. The Bertz CT molecular complexity index is 601. The maximum absolute atomic E-state index is 11.7. The molecule has 2 heterocycles. The maximum Gasteiger partial charge on any atom is 0.206 e. The van der Waals surface area contributed by atoms with Crippen molar-refractivity contribution in [3.05, 3.63) is 47.9 Å². The van der Waals surface area contributed by atoms with Crippen LogP contribution in [0.15, 0.2) is 41.7 Å². The molecule has 0 fully saturated rings. The first kappa shape index (κ1) is 10.7. The number of hydrogen-bond donors (Lipinski definition) is 1. The van der Waals surface area contributed by atoms with Gasteiger partial charge in [-0.05, 0) is 5.56 Å². The van der Waals surface area contributed by atoms with Crippen LogP contribution in [0.4, 0.5) is 5.82 Å². The van der Waals surface area contributed by atoms with Crippen LogP contribution in [-0.2, 0) is 6.54 Å². The Morgan fingerprint density at radius 1 is 1.28 bits per heavy atom. The molecule has 1 aromatic carbocycles. The van der Waals surface area contributed by atoms with E-state index in [1.807, 2.05) is 34.9 Å². The molecular weight excluding hydrogens is 228 g/mol. The fourth-order valence-corrected chi connectivity index (χ4v) is 1.95. The van der Waals surface area contributed by atoms with Gasteiger partial charge >= 0.3 is 0 Å². The molecule has 2 aromatic rings. The molecule has 0 radical (unpaired) electrons. The molecule has 90 valence electrons. The summed E-state index contributed by atoms with van der Waals surface area (Å²) in [6.07, 6.45) is 3.23. The van der Waals surface area contributed by atoms with Gasteiger partial charge in [-0.25, -0.2) is 4.98 Å². The molecule has 1 aromatic heterocycles. The smallest absolute Gasteiger partial charge is 0.206 e. The molecule has 1 N–H and O–H groups in total. The van der Waals surface area contributed by atoms with Crippen molar-refractivity contribution in [3.8, 4) is 0 Å². The van der Waals surface area contributed by atoms with Crippen LogP contribution < -0.4 is 5.32 Å². The van der Waals surface area contributed by atoms with Gasteiger partial charge in [0, 0.05) is 0 Å². The summed E-state index contributed by atoms with van der Waals surface area (Å²) in [5, 5.41) is 3.01. The van der Waals surface area contributed by atoms with Crippen molar-refractivity contribution in [2.24, 2.45) is 4.99 Å². The third kappa shape index (κ3) is 1.90. The number of aliphatic imine (C=N–C) groups is 1. The maximum atomic E-state index is 11.7. The van der Waals surface area contributed by atoms with Crippen LogP contribution in [-0.4, -0.2) is 28.2 Å². The minimum atomic E-state index is -0.0574. The van der Waals surface area contributed by atoms with Crippen LogP contribution in [0.5, 0.6) is 0 Å². The number of anilines is 1. The first-order valence-corrected chi connectivity index (χ1v) is 5.71. The molecule has 0 aliphatic carbocycles. The lowest BCUT2D eigenvalue weighted by Crippen LogP contribution is -2.07. The number of hydrogen-bond acceptors (Lipinski definition) is 4. The van der Waals surface area contributed by atoms with Gasteiger partial charge in [0.2, 0.25) is 5.78 Å². The van der Waals surface area contributed by atoms with Crippen LogP contribution >= 0.6 is 0 Å². The van der Waals surface area contributed by atoms with Crippen LogP contribution in [0.2, 0.25) is 0 Å². The molecule has 1 aliphatic rings. The zero-order chi connectivity index (χ0) is 12.4. The summed E-state index contributed by atoms with van der Waals surface area (Å²) in [5.74, 6) is 0.656. The topological polar surface area (TPSA) is 59.3 Å². The predicted octanol–water partition coefficient (Wildman–Crippen LogP) is 1.57. The van der Waals surface area contributed by atoms with E-state index in [1.54, 1.807) is 12.7 Å². The molecule has 5 heteroatoms. The second kappa shape index (κ2) is 4.44. The summed E-state index contributed by atoms with van der Waals surface area (Å²) in [7, 11) is 0. The normalized spacial score (nSPS) is 13.9. The molecule has 18 heavy (non-hydrogen) atoms. The van der Waals surface area contributed by atoms with Crippen LogP contribution in [0.1, 0.15) is 16.1 Å². The number of aromatic nitrogens is 2. The largest absolute Gasteiger partial charge is 0.331 e. The molecule has 0 unspecified atom stereocenters. The number of carbonyl (C=O) groups is 1. The molecule has 1 aliphatic heterocycles. The molecular formula is C13H12N4O. The Hall–Kier alpha value is -2.43. The number of Topliss-reactive ketones (excluding diaryl/α,β-unsaturated/α-hetero) is 1. The van der Waals surface area contributed by atoms with Crippen LogP contribution in [0.25, 0.3) is 0 Å². The van der Waals surface area contributed by atoms with E-state index >= 15 is 0 Å². The highest BCUT2D eigenvalue weighted by Gasteiger charge is 2.18. The van der Waals surface area contributed by atoms with E-state index in [0.717, 1.165) is 5.56 Å². The first-order chi connectivity index (χ1) is 8.84. The monoisotopic (exact) mass is 240 g/mol. The highest BCUT2D eigenvalue weighted by molar-refractivity contribution is 6.04. The van der Waals surface area contributed by atoms with Crippen molar-refractivity contribution in [3.63, 3.8) is 0 Å². The van der Waals surface area contributed by atoms with Crippen molar-refractivity contribution in [1.82, 2.24) is 9.55 Å². The van der Waals surface area contributed by atoms with E-state index in [1.165, 1.54) is 0 Å². The summed E-state index contributed by atoms with van der Waals surface area (Å²) in [5.41, 5.74) is 1.62. The third-order valence-corrected chi connectivity index (χ3v) is 2.83. The molecule has 0 saturated carbocycles. The van der Waals surface area contributed by atoms with E-state index < -0.39 is 0 Å². The van der Waals surface area contributed by atoms with Gasteiger partial charge in [0.1, 0.15) is 12.4 Å². The number of nitrogens with one attached hydrogen (secondary N) is 1. The minimum Gasteiger partial charge on any atom is -0.331 e. The molecule has 0 amide bonds. The van der Waals surface area contributed by atoms with Gasteiger partial charge in [0.05, 0.1) is 19.2 Å². The Balaban J connectivity index is 1.95. The van der Waals surface area contributed by atoms with Crippen molar-refractivity contribution >= 4 is 17.9 Å². The summed E-state index contributed by atoms with van der Waals surface area (Å²) in [6.45, 7) is 0.833. The average molecular weight is 240 g/mol. The van der Waals surface area contributed by atoms with Crippen molar-refractivity contribution in [2.75, 3.05) is 11.9 Å². The zero-order valence-electron chi connectivity index (χ0n) is 9.71. The average Bonchev–Trinajstić information content (AvgIpc) is 2.69. The zero-order valence-corrected chi connectivity index (χ0v) is 9.71. The summed E-state index contributed by atoms with van der Waals surface area (Å²) < 4.78 is 1.92. The van der Waals surface area contributed by atoms with E-state index in [9.17, 15) is 4.79 Å². The Morgan fingerprint density at radius 2 is 2.11 bits per heavy atom.